The first-order valence-corrected chi connectivity index (χ1v) is 5.32. The van der Waals surface area contributed by atoms with Crippen LogP contribution in [0.1, 0.15) is 11.6 Å². The van der Waals surface area contributed by atoms with Crippen LogP contribution in [0.4, 0.5) is 5.69 Å². The highest BCUT2D eigenvalue weighted by Crippen LogP contribution is 2.32. The van der Waals surface area contributed by atoms with Crippen molar-refractivity contribution >= 4 is 17.3 Å². The molecule has 1 saturated heterocycles. The third-order valence-electron chi connectivity index (χ3n) is 2.50. The number of nitro groups is 1. The fraction of sp³-hybridized carbons (Fsp3) is 0.400. The number of nitro benzene ring substituents is 1. The first kappa shape index (κ1) is 11.3. The summed E-state index contributed by atoms with van der Waals surface area (Å²) < 4.78 is 5.28. The lowest BCUT2D eigenvalue weighted by Gasteiger charge is -2.24. The molecular weight excluding hydrogens is 232 g/mol. The van der Waals surface area contributed by atoms with E-state index in [0.29, 0.717) is 30.3 Å². The number of hydrogen-bond donors (Lipinski definition) is 1. The largest absolute Gasteiger partial charge is 0.378 e. The molecule has 1 heterocycles. The molecule has 6 heteroatoms. The Bertz CT molecular complexity index is 405. The van der Waals surface area contributed by atoms with E-state index in [9.17, 15) is 10.1 Å². The molecule has 0 aliphatic carbocycles. The minimum Gasteiger partial charge on any atom is -0.378 e. The van der Waals surface area contributed by atoms with E-state index >= 15 is 0 Å². The summed E-state index contributed by atoms with van der Waals surface area (Å²) in [5.41, 5.74) is 0.546. The highest BCUT2D eigenvalue weighted by atomic mass is 35.5. The highest BCUT2D eigenvalue weighted by Gasteiger charge is 2.26. The van der Waals surface area contributed by atoms with Crippen molar-refractivity contribution in [2.24, 2.45) is 0 Å². The number of benzene rings is 1. The van der Waals surface area contributed by atoms with Gasteiger partial charge in [0.05, 0.1) is 34.8 Å². The third kappa shape index (κ3) is 2.16. The highest BCUT2D eigenvalue weighted by molar-refractivity contribution is 6.31. The van der Waals surface area contributed by atoms with Gasteiger partial charge >= 0.3 is 0 Å². The monoisotopic (exact) mass is 242 g/mol. The molecule has 0 amide bonds. The van der Waals surface area contributed by atoms with E-state index in [1.54, 1.807) is 12.1 Å². The number of rotatable bonds is 2. The molecule has 0 saturated carbocycles. The Kier molecular flexibility index (Phi) is 3.38. The zero-order valence-electron chi connectivity index (χ0n) is 8.48. The van der Waals surface area contributed by atoms with Crippen LogP contribution < -0.4 is 5.32 Å². The van der Waals surface area contributed by atoms with Gasteiger partial charge in [-0.15, -0.1) is 0 Å². The van der Waals surface area contributed by atoms with Gasteiger partial charge in [0.2, 0.25) is 0 Å². The predicted molar refractivity (Wildman–Crippen MR) is 59.7 cm³/mol. The van der Waals surface area contributed by atoms with Crippen molar-refractivity contribution in [2.75, 3.05) is 19.8 Å². The van der Waals surface area contributed by atoms with Crippen LogP contribution in [0, 0.1) is 10.1 Å². The number of halogens is 1. The van der Waals surface area contributed by atoms with Crippen molar-refractivity contribution < 1.29 is 9.66 Å². The van der Waals surface area contributed by atoms with Crippen molar-refractivity contribution in [3.05, 3.63) is 38.9 Å². The molecule has 1 aliphatic rings. The Hall–Kier alpha value is -1.17. The number of hydrogen-bond acceptors (Lipinski definition) is 4. The summed E-state index contributed by atoms with van der Waals surface area (Å²) >= 11 is 6.01. The number of morpholine rings is 1. The maximum Gasteiger partial charge on any atom is 0.275 e. The Morgan fingerprint density at radius 1 is 1.56 bits per heavy atom. The standard InChI is InChI=1S/C10H11ClN2O3/c11-7-2-1-3-9(13(14)15)10(7)8-6-16-5-4-12-8/h1-3,8,12H,4-6H2. The van der Waals surface area contributed by atoms with Gasteiger partial charge in [0.15, 0.2) is 0 Å². The smallest absolute Gasteiger partial charge is 0.275 e. The molecule has 1 N–H and O–H groups in total. The van der Waals surface area contributed by atoms with E-state index in [1.165, 1.54) is 6.07 Å². The predicted octanol–water partition coefficient (Wildman–Crippen LogP) is 1.91. The average molecular weight is 243 g/mol. The lowest BCUT2D eigenvalue weighted by atomic mass is 10.0. The first-order chi connectivity index (χ1) is 7.70. The maximum atomic E-state index is 10.9. The van der Waals surface area contributed by atoms with Crippen LogP contribution in [0.3, 0.4) is 0 Å². The van der Waals surface area contributed by atoms with Gasteiger partial charge < -0.3 is 10.1 Å². The van der Waals surface area contributed by atoms with Crippen LogP contribution in [0.15, 0.2) is 18.2 Å². The van der Waals surface area contributed by atoms with E-state index in [2.05, 4.69) is 5.32 Å². The molecule has 16 heavy (non-hydrogen) atoms. The van der Waals surface area contributed by atoms with E-state index < -0.39 is 4.92 Å². The van der Waals surface area contributed by atoms with Crippen LogP contribution in [0.5, 0.6) is 0 Å². The molecule has 2 rings (SSSR count). The van der Waals surface area contributed by atoms with Crippen molar-refractivity contribution in [2.45, 2.75) is 6.04 Å². The zero-order chi connectivity index (χ0) is 11.5. The summed E-state index contributed by atoms with van der Waals surface area (Å²) in [6.45, 7) is 1.70. The summed E-state index contributed by atoms with van der Waals surface area (Å²) in [6.07, 6.45) is 0. The van der Waals surface area contributed by atoms with Crippen LogP contribution in [-0.2, 0) is 4.74 Å². The quantitative estimate of drug-likeness (QED) is 0.636. The maximum absolute atomic E-state index is 10.9. The molecule has 86 valence electrons. The molecular formula is C10H11ClN2O3. The first-order valence-electron chi connectivity index (χ1n) is 4.94. The molecule has 0 spiro atoms. The van der Waals surface area contributed by atoms with Crippen LogP contribution in [0.2, 0.25) is 5.02 Å². The Balaban J connectivity index is 2.40. The van der Waals surface area contributed by atoms with Gasteiger partial charge in [-0.1, -0.05) is 17.7 Å². The minimum atomic E-state index is -0.419. The molecule has 1 unspecified atom stereocenters. The molecule has 0 bridgehead atoms. The van der Waals surface area contributed by atoms with Crippen molar-refractivity contribution in [1.29, 1.82) is 0 Å². The normalized spacial score (nSPS) is 20.7. The summed E-state index contributed by atoms with van der Waals surface area (Å²) in [5, 5.41) is 14.5. The summed E-state index contributed by atoms with van der Waals surface area (Å²) in [7, 11) is 0. The number of ether oxygens (including phenoxy) is 1. The fourth-order valence-corrected chi connectivity index (χ4v) is 2.08. The lowest BCUT2D eigenvalue weighted by molar-refractivity contribution is -0.385. The zero-order valence-corrected chi connectivity index (χ0v) is 9.24. The van der Waals surface area contributed by atoms with E-state index in [4.69, 9.17) is 16.3 Å². The number of nitrogens with zero attached hydrogens (tertiary/aromatic N) is 1. The minimum absolute atomic E-state index is 0.0375. The summed E-state index contributed by atoms with van der Waals surface area (Å²) in [4.78, 5) is 10.5. The van der Waals surface area contributed by atoms with Crippen molar-refractivity contribution in [3.8, 4) is 0 Å². The molecule has 1 aromatic carbocycles. The van der Waals surface area contributed by atoms with Gasteiger partial charge in [-0.3, -0.25) is 10.1 Å². The third-order valence-corrected chi connectivity index (χ3v) is 2.83. The van der Waals surface area contributed by atoms with Gasteiger partial charge in [0.1, 0.15) is 0 Å². The van der Waals surface area contributed by atoms with Crippen molar-refractivity contribution in [1.82, 2.24) is 5.32 Å². The van der Waals surface area contributed by atoms with Gasteiger partial charge in [-0.05, 0) is 6.07 Å². The van der Waals surface area contributed by atoms with E-state index in [1.807, 2.05) is 0 Å². The van der Waals surface area contributed by atoms with Gasteiger partial charge in [-0.25, -0.2) is 0 Å². The SMILES string of the molecule is O=[N+]([O-])c1cccc(Cl)c1C1COCCN1. The summed E-state index contributed by atoms with van der Waals surface area (Å²) in [6, 6.07) is 4.48. The second-order valence-electron chi connectivity index (χ2n) is 3.51. The van der Waals surface area contributed by atoms with Crippen molar-refractivity contribution in [3.63, 3.8) is 0 Å². The van der Waals surface area contributed by atoms with Gasteiger partial charge in [0, 0.05) is 12.6 Å². The molecule has 1 fully saturated rings. The van der Waals surface area contributed by atoms with Crippen LogP contribution >= 0.6 is 11.6 Å². The van der Waals surface area contributed by atoms with Gasteiger partial charge in [0.25, 0.3) is 5.69 Å². The molecule has 1 aliphatic heterocycles. The number of nitrogens with one attached hydrogen (secondary N) is 1. The summed E-state index contributed by atoms with van der Waals surface area (Å²) in [5.74, 6) is 0. The second kappa shape index (κ2) is 4.78. The van der Waals surface area contributed by atoms with E-state index in [0.717, 1.165) is 0 Å². The topological polar surface area (TPSA) is 64.4 Å². The van der Waals surface area contributed by atoms with Crippen LogP contribution in [0.25, 0.3) is 0 Å². The Labute approximate surface area is 97.5 Å². The molecule has 1 atom stereocenters. The molecule has 5 nitrogen and oxygen atoms in total. The molecule has 0 radical (unpaired) electrons. The van der Waals surface area contributed by atoms with E-state index in [-0.39, 0.29) is 11.7 Å². The Morgan fingerprint density at radius 2 is 2.38 bits per heavy atom. The molecule has 0 aromatic heterocycles. The van der Waals surface area contributed by atoms with Crippen LogP contribution in [-0.4, -0.2) is 24.7 Å². The Morgan fingerprint density at radius 3 is 3.00 bits per heavy atom. The second-order valence-corrected chi connectivity index (χ2v) is 3.92. The molecule has 1 aromatic rings. The lowest BCUT2D eigenvalue weighted by Crippen LogP contribution is -2.35. The van der Waals surface area contributed by atoms with Gasteiger partial charge in [-0.2, -0.15) is 0 Å². The fourth-order valence-electron chi connectivity index (χ4n) is 1.78. The average Bonchev–Trinajstić information content (AvgIpc) is 2.29.